The number of carbonyl (C=O) groups is 1. The lowest BCUT2D eigenvalue weighted by molar-refractivity contribution is -0.121. The summed E-state index contributed by atoms with van der Waals surface area (Å²) >= 11 is 0. The van der Waals surface area contributed by atoms with Crippen molar-refractivity contribution >= 4 is 21.4 Å². The molecule has 1 amide bonds. The molecule has 29 heavy (non-hydrogen) atoms. The van der Waals surface area contributed by atoms with Crippen LogP contribution in [-0.2, 0) is 14.6 Å². The van der Waals surface area contributed by atoms with E-state index < -0.39 is 15.9 Å². The van der Waals surface area contributed by atoms with Crippen LogP contribution in [0.15, 0.2) is 59.5 Å². The van der Waals surface area contributed by atoms with Crippen molar-refractivity contribution in [1.29, 1.82) is 0 Å². The molecule has 0 fully saturated rings. The smallest absolute Gasteiger partial charge is 0.251 e. The zero-order valence-corrected chi connectivity index (χ0v) is 17.3. The molecule has 8 nitrogen and oxygen atoms in total. The summed E-state index contributed by atoms with van der Waals surface area (Å²) in [6.07, 6.45) is 0. The van der Waals surface area contributed by atoms with Gasteiger partial charge in [0.2, 0.25) is 5.82 Å². The van der Waals surface area contributed by atoms with Crippen LogP contribution < -0.4 is 5.32 Å². The van der Waals surface area contributed by atoms with Gasteiger partial charge in [-0.05, 0) is 29.3 Å². The van der Waals surface area contributed by atoms with Gasteiger partial charge in [-0.25, -0.2) is 8.42 Å². The Morgan fingerprint density at radius 3 is 2.48 bits per heavy atom. The van der Waals surface area contributed by atoms with Crippen LogP contribution >= 0.6 is 0 Å². The summed E-state index contributed by atoms with van der Waals surface area (Å²) in [7, 11) is -3.36. The Labute approximate surface area is 169 Å². The van der Waals surface area contributed by atoms with Gasteiger partial charge in [0, 0.05) is 11.3 Å². The quantitative estimate of drug-likeness (QED) is 0.638. The van der Waals surface area contributed by atoms with Gasteiger partial charge in [-0.3, -0.25) is 4.79 Å². The van der Waals surface area contributed by atoms with E-state index in [0.29, 0.717) is 11.5 Å². The monoisotopic (exact) mass is 413 g/mol. The number of benzene rings is 2. The lowest BCUT2D eigenvalue weighted by Crippen LogP contribution is -2.31. The van der Waals surface area contributed by atoms with E-state index in [1.165, 1.54) is 16.9 Å². The molecule has 2 aromatic carbocycles. The summed E-state index contributed by atoms with van der Waals surface area (Å²) in [4.78, 5) is 14.4. The fraction of sp³-hybridized carbons (Fsp3) is 0.300. The van der Waals surface area contributed by atoms with Crippen LogP contribution in [0.25, 0.3) is 11.4 Å². The largest absolute Gasteiger partial charge is 0.324 e. The second-order valence-corrected chi connectivity index (χ2v) is 9.19. The molecule has 0 aliphatic carbocycles. The third kappa shape index (κ3) is 4.68. The van der Waals surface area contributed by atoms with Crippen LogP contribution in [-0.4, -0.2) is 40.3 Å². The SMILES string of the molecule is CCS(=O)(=O)c1cccc(NC(=O)C(C(C)C)n2nnc(-c3ccccc3)n2)c1. The second kappa shape index (κ2) is 8.52. The maximum Gasteiger partial charge on any atom is 0.251 e. The lowest BCUT2D eigenvalue weighted by atomic mass is 10.0. The number of hydrogen-bond acceptors (Lipinski definition) is 6. The number of tetrazole rings is 1. The number of nitrogens with zero attached hydrogens (tertiary/aromatic N) is 4. The maximum absolute atomic E-state index is 12.9. The molecule has 1 atom stereocenters. The van der Waals surface area contributed by atoms with Gasteiger partial charge in [-0.2, -0.15) is 4.80 Å². The average Bonchev–Trinajstić information content (AvgIpc) is 3.18. The zero-order valence-electron chi connectivity index (χ0n) is 16.5. The number of aromatic nitrogens is 4. The first-order chi connectivity index (χ1) is 13.8. The minimum Gasteiger partial charge on any atom is -0.324 e. The molecule has 3 rings (SSSR count). The number of amides is 1. The summed E-state index contributed by atoms with van der Waals surface area (Å²) in [5.74, 6) is -0.0389. The van der Waals surface area contributed by atoms with Crippen LogP contribution in [0.2, 0.25) is 0 Å². The Hall–Kier alpha value is -3.07. The molecule has 0 radical (unpaired) electrons. The van der Waals surface area contributed by atoms with E-state index in [0.717, 1.165) is 5.56 Å². The Morgan fingerprint density at radius 2 is 1.83 bits per heavy atom. The molecule has 3 aromatic rings. The highest BCUT2D eigenvalue weighted by Gasteiger charge is 2.27. The molecule has 1 heterocycles. The molecule has 1 aromatic heterocycles. The predicted octanol–water partition coefficient (Wildman–Crippen LogP) is 2.97. The van der Waals surface area contributed by atoms with E-state index in [1.807, 2.05) is 44.2 Å². The standard InChI is InChI=1S/C20H23N5O3S/c1-4-29(27,28)17-12-8-11-16(13-17)21-20(26)18(14(2)3)25-23-19(22-24-25)15-9-6-5-7-10-15/h5-14,18H,4H2,1-3H3,(H,21,26). The molecule has 1 unspecified atom stereocenters. The zero-order chi connectivity index (χ0) is 21.0. The summed E-state index contributed by atoms with van der Waals surface area (Å²) in [6, 6.07) is 14.9. The summed E-state index contributed by atoms with van der Waals surface area (Å²) in [5.41, 5.74) is 1.21. The third-order valence-corrected chi connectivity index (χ3v) is 6.18. The van der Waals surface area contributed by atoms with Crippen LogP contribution in [0.3, 0.4) is 0 Å². The fourth-order valence-corrected chi connectivity index (χ4v) is 3.80. The molecule has 152 valence electrons. The number of carbonyl (C=O) groups excluding carboxylic acids is 1. The Kier molecular flexibility index (Phi) is 6.07. The van der Waals surface area contributed by atoms with Gasteiger partial charge in [0.15, 0.2) is 15.9 Å². The van der Waals surface area contributed by atoms with Crippen molar-refractivity contribution in [3.05, 3.63) is 54.6 Å². The summed E-state index contributed by atoms with van der Waals surface area (Å²) < 4.78 is 24.2. The lowest BCUT2D eigenvalue weighted by Gasteiger charge is -2.19. The van der Waals surface area contributed by atoms with Crippen molar-refractivity contribution in [2.45, 2.75) is 31.7 Å². The minimum absolute atomic E-state index is 0.00976. The molecule has 0 saturated carbocycles. The van der Waals surface area contributed by atoms with Crippen molar-refractivity contribution in [3.63, 3.8) is 0 Å². The predicted molar refractivity (Wildman–Crippen MR) is 110 cm³/mol. The number of rotatable bonds is 7. The molecule has 1 N–H and O–H groups in total. The van der Waals surface area contributed by atoms with Crippen molar-refractivity contribution in [2.75, 3.05) is 11.1 Å². The first-order valence-electron chi connectivity index (χ1n) is 9.30. The molecular weight excluding hydrogens is 390 g/mol. The Bertz CT molecular complexity index is 1090. The number of anilines is 1. The van der Waals surface area contributed by atoms with Gasteiger partial charge < -0.3 is 5.32 Å². The molecule has 0 aliphatic heterocycles. The molecule has 0 spiro atoms. The topological polar surface area (TPSA) is 107 Å². The van der Waals surface area contributed by atoms with Crippen molar-refractivity contribution < 1.29 is 13.2 Å². The summed E-state index contributed by atoms with van der Waals surface area (Å²) in [5, 5.41) is 15.3. The third-order valence-electron chi connectivity index (χ3n) is 4.45. The van der Waals surface area contributed by atoms with Gasteiger partial charge in [0.05, 0.1) is 10.6 Å². The van der Waals surface area contributed by atoms with E-state index in [2.05, 4.69) is 20.7 Å². The summed E-state index contributed by atoms with van der Waals surface area (Å²) in [6.45, 7) is 5.34. The average molecular weight is 414 g/mol. The molecular formula is C20H23N5O3S. The fourth-order valence-electron chi connectivity index (χ4n) is 2.87. The minimum atomic E-state index is -3.36. The molecule has 9 heteroatoms. The highest BCUT2D eigenvalue weighted by Crippen LogP contribution is 2.22. The van der Waals surface area contributed by atoms with Crippen LogP contribution in [0, 0.1) is 5.92 Å². The number of sulfone groups is 1. The second-order valence-electron chi connectivity index (χ2n) is 6.91. The van der Waals surface area contributed by atoms with Crippen LogP contribution in [0.1, 0.15) is 26.8 Å². The number of hydrogen-bond donors (Lipinski definition) is 1. The van der Waals surface area contributed by atoms with E-state index in [1.54, 1.807) is 19.1 Å². The van der Waals surface area contributed by atoms with E-state index in [-0.39, 0.29) is 22.5 Å². The van der Waals surface area contributed by atoms with Gasteiger partial charge in [-0.1, -0.05) is 57.2 Å². The first-order valence-corrected chi connectivity index (χ1v) is 11.0. The van der Waals surface area contributed by atoms with Gasteiger partial charge in [-0.15, -0.1) is 10.2 Å². The van der Waals surface area contributed by atoms with Gasteiger partial charge in [0.25, 0.3) is 5.91 Å². The van der Waals surface area contributed by atoms with E-state index >= 15 is 0 Å². The highest BCUT2D eigenvalue weighted by atomic mass is 32.2. The number of nitrogens with one attached hydrogen (secondary N) is 1. The van der Waals surface area contributed by atoms with E-state index in [4.69, 9.17) is 0 Å². The highest BCUT2D eigenvalue weighted by molar-refractivity contribution is 7.91. The van der Waals surface area contributed by atoms with Gasteiger partial charge in [0.1, 0.15) is 0 Å². The Morgan fingerprint density at radius 1 is 1.10 bits per heavy atom. The van der Waals surface area contributed by atoms with Crippen LogP contribution in [0.5, 0.6) is 0 Å². The van der Waals surface area contributed by atoms with Crippen molar-refractivity contribution in [1.82, 2.24) is 20.2 Å². The molecule has 0 saturated heterocycles. The van der Waals surface area contributed by atoms with Crippen LogP contribution in [0.4, 0.5) is 5.69 Å². The van der Waals surface area contributed by atoms with Crippen molar-refractivity contribution in [3.8, 4) is 11.4 Å². The first kappa shape index (κ1) is 20.7. The van der Waals surface area contributed by atoms with E-state index in [9.17, 15) is 13.2 Å². The van der Waals surface area contributed by atoms with Crippen molar-refractivity contribution in [2.24, 2.45) is 5.92 Å². The maximum atomic E-state index is 12.9. The Balaban J connectivity index is 1.85. The normalized spacial score (nSPS) is 12.7. The molecule has 0 bridgehead atoms. The molecule has 0 aliphatic rings. The van der Waals surface area contributed by atoms with Gasteiger partial charge >= 0.3 is 0 Å².